The Labute approximate surface area is 126 Å². The van der Waals surface area contributed by atoms with Crippen LogP contribution in [0.3, 0.4) is 0 Å². The van der Waals surface area contributed by atoms with Gasteiger partial charge in [0.15, 0.2) is 11.5 Å². The van der Waals surface area contributed by atoms with Gasteiger partial charge in [0.25, 0.3) is 0 Å². The van der Waals surface area contributed by atoms with Gasteiger partial charge in [-0.1, -0.05) is 19.9 Å². The fourth-order valence-electron chi connectivity index (χ4n) is 2.00. The third-order valence-corrected chi connectivity index (χ3v) is 3.46. The third kappa shape index (κ3) is 5.04. The van der Waals surface area contributed by atoms with Crippen LogP contribution in [0.2, 0.25) is 0 Å². The van der Waals surface area contributed by atoms with E-state index in [4.69, 9.17) is 21.1 Å². The van der Waals surface area contributed by atoms with Crippen molar-refractivity contribution in [2.75, 3.05) is 13.0 Å². The first kappa shape index (κ1) is 16.8. The number of halogens is 1. The van der Waals surface area contributed by atoms with E-state index >= 15 is 0 Å². The number of methoxy groups -OCH3 is 1. The van der Waals surface area contributed by atoms with Crippen LogP contribution in [0.5, 0.6) is 11.5 Å². The number of aldehydes is 1. The van der Waals surface area contributed by atoms with Crippen molar-refractivity contribution in [1.82, 2.24) is 0 Å². The van der Waals surface area contributed by atoms with E-state index in [1.54, 1.807) is 7.11 Å². The van der Waals surface area contributed by atoms with Crippen molar-refractivity contribution in [3.63, 3.8) is 0 Å². The number of benzene rings is 1. The van der Waals surface area contributed by atoms with E-state index in [0.29, 0.717) is 24.0 Å². The van der Waals surface area contributed by atoms with Crippen molar-refractivity contribution in [2.45, 2.75) is 39.2 Å². The molecule has 0 aliphatic heterocycles. The third-order valence-electron chi connectivity index (χ3n) is 3.19. The molecule has 0 saturated carbocycles. The zero-order chi connectivity index (χ0) is 15.0. The summed E-state index contributed by atoms with van der Waals surface area (Å²) in [4.78, 5) is 10.6. The van der Waals surface area contributed by atoms with Crippen LogP contribution in [0, 0.1) is 5.92 Å². The lowest BCUT2D eigenvalue weighted by Gasteiger charge is -2.23. The first-order valence-corrected chi connectivity index (χ1v) is 7.49. The van der Waals surface area contributed by atoms with E-state index < -0.39 is 0 Å². The molecule has 0 heterocycles. The Balaban J connectivity index is 2.85. The number of carbonyl (C=O) groups excluding carboxylic acids is 1. The second kappa shape index (κ2) is 8.85. The second-order valence-corrected chi connectivity index (χ2v) is 5.47. The van der Waals surface area contributed by atoms with E-state index in [9.17, 15) is 4.79 Å². The summed E-state index contributed by atoms with van der Waals surface area (Å²) < 4.78 is 11.4. The molecule has 0 aromatic heterocycles. The number of hydrogen-bond donors (Lipinski definition) is 0. The van der Waals surface area contributed by atoms with Crippen molar-refractivity contribution in [3.05, 3.63) is 23.8 Å². The largest absolute Gasteiger partial charge is 0.493 e. The number of alkyl halides is 1. The molecule has 3 nitrogen and oxygen atoms in total. The van der Waals surface area contributed by atoms with Gasteiger partial charge in [0, 0.05) is 12.3 Å². The van der Waals surface area contributed by atoms with Crippen molar-refractivity contribution in [3.8, 4) is 11.5 Å². The average Bonchev–Trinajstić information content (AvgIpc) is 2.44. The quantitative estimate of drug-likeness (QED) is 0.513. The van der Waals surface area contributed by atoms with E-state index in [2.05, 4.69) is 13.8 Å². The Morgan fingerprint density at radius 2 is 2.05 bits per heavy atom. The van der Waals surface area contributed by atoms with E-state index in [1.165, 1.54) is 0 Å². The Hall–Kier alpha value is -1.22. The summed E-state index contributed by atoms with van der Waals surface area (Å²) in [5.41, 5.74) is 0.922. The molecule has 1 rings (SSSR count). The second-order valence-electron chi connectivity index (χ2n) is 5.09. The molecular weight excluding hydrogens is 276 g/mol. The molecular formula is C16H23ClO3. The van der Waals surface area contributed by atoms with Gasteiger partial charge in [-0.15, -0.1) is 11.6 Å². The zero-order valence-corrected chi connectivity index (χ0v) is 13.2. The van der Waals surface area contributed by atoms with Gasteiger partial charge in [-0.3, -0.25) is 0 Å². The molecule has 0 amide bonds. The van der Waals surface area contributed by atoms with Crippen LogP contribution in [0.1, 0.15) is 32.3 Å². The summed E-state index contributed by atoms with van der Waals surface area (Å²) in [7, 11) is 1.61. The summed E-state index contributed by atoms with van der Waals surface area (Å²) in [5.74, 6) is 2.43. The molecule has 4 heteroatoms. The van der Waals surface area contributed by atoms with Crippen molar-refractivity contribution in [1.29, 1.82) is 0 Å². The van der Waals surface area contributed by atoms with Crippen molar-refractivity contribution >= 4 is 17.9 Å². The minimum atomic E-state index is 0.111. The number of carbonyl (C=O) groups is 1. The van der Waals surface area contributed by atoms with Gasteiger partial charge >= 0.3 is 0 Å². The van der Waals surface area contributed by atoms with E-state index in [0.717, 1.165) is 30.4 Å². The highest BCUT2D eigenvalue weighted by molar-refractivity contribution is 6.17. The van der Waals surface area contributed by atoms with E-state index in [1.807, 2.05) is 18.2 Å². The fourth-order valence-corrected chi connectivity index (χ4v) is 2.16. The maximum atomic E-state index is 10.6. The first-order chi connectivity index (χ1) is 9.62. The SMILES string of the molecule is COc1cc(CC=O)ccc1OC(CCCCl)C(C)C. The van der Waals surface area contributed by atoms with Crippen LogP contribution in [-0.2, 0) is 11.2 Å². The minimum absolute atomic E-state index is 0.111. The summed E-state index contributed by atoms with van der Waals surface area (Å²) in [6, 6.07) is 5.61. The molecule has 0 saturated heterocycles. The molecule has 0 fully saturated rings. The molecule has 1 unspecified atom stereocenters. The Morgan fingerprint density at radius 3 is 2.60 bits per heavy atom. The molecule has 1 atom stereocenters. The summed E-state index contributed by atoms with van der Waals surface area (Å²) in [6.45, 7) is 4.26. The van der Waals surface area contributed by atoms with Crippen LogP contribution < -0.4 is 9.47 Å². The smallest absolute Gasteiger partial charge is 0.161 e. The predicted molar refractivity (Wildman–Crippen MR) is 82.0 cm³/mol. The van der Waals surface area contributed by atoms with Gasteiger partial charge in [0.1, 0.15) is 12.4 Å². The Kier molecular flexibility index (Phi) is 7.45. The molecule has 1 aromatic rings. The van der Waals surface area contributed by atoms with Gasteiger partial charge in [-0.05, 0) is 36.5 Å². The van der Waals surface area contributed by atoms with Gasteiger partial charge in [-0.2, -0.15) is 0 Å². The topological polar surface area (TPSA) is 35.5 Å². The normalized spacial score (nSPS) is 12.2. The van der Waals surface area contributed by atoms with Crippen LogP contribution in [-0.4, -0.2) is 25.4 Å². The van der Waals surface area contributed by atoms with Crippen LogP contribution >= 0.6 is 11.6 Å². The molecule has 0 aliphatic rings. The zero-order valence-electron chi connectivity index (χ0n) is 12.4. The van der Waals surface area contributed by atoms with E-state index in [-0.39, 0.29) is 6.10 Å². The lowest BCUT2D eigenvalue weighted by Crippen LogP contribution is -2.23. The molecule has 0 radical (unpaired) electrons. The molecule has 0 bridgehead atoms. The van der Waals surface area contributed by atoms with Gasteiger partial charge in [-0.25, -0.2) is 0 Å². The maximum Gasteiger partial charge on any atom is 0.161 e. The van der Waals surface area contributed by atoms with Crippen LogP contribution in [0.25, 0.3) is 0 Å². The molecule has 20 heavy (non-hydrogen) atoms. The molecule has 0 N–H and O–H groups in total. The monoisotopic (exact) mass is 298 g/mol. The minimum Gasteiger partial charge on any atom is -0.493 e. The van der Waals surface area contributed by atoms with Crippen molar-refractivity contribution in [2.24, 2.45) is 5.92 Å². The Morgan fingerprint density at radius 1 is 1.30 bits per heavy atom. The molecule has 0 spiro atoms. The highest BCUT2D eigenvalue weighted by Crippen LogP contribution is 2.31. The van der Waals surface area contributed by atoms with Crippen LogP contribution in [0.15, 0.2) is 18.2 Å². The lowest BCUT2D eigenvalue weighted by atomic mass is 10.0. The summed E-state index contributed by atoms with van der Waals surface area (Å²) in [6.07, 6.45) is 3.22. The fraction of sp³-hybridized carbons (Fsp3) is 0.562. The standard InChI is InChI=1S/C16H23ClO3/c1-12(2)14(5-4-9-17)20-15-7-6-13(8-10-18)11-16(15)19-3/h6-7,10-12,14H,4-5,8-9H2,1-3H3. The molecule has 112 valence electrons. The highest BCUT2D eigenvalue weighted by atomic mass is 35.5. The number of hydrogen-bond acceptors (Lipinski definition) is 3. The molecule has 1 aromatic carbocycles. The maximum absolute atomic E-state index is 10.6. The first-order valence-electron chi connectivity index (χ1n) is 6.95. The van der Waals surface area contributed by atoms with Crippen molar-refractivity contribution < 1.29 is 14.3 Å². The predicted octanol–water partition coefficient (Wildman–Crippen LogP) is 3.86. The number of rotatable bonds is 9. The summed E-state index contributed by atoms with van der Waals surface area (Å²) >= 11 is 5.75. The average molecular weight is 299 g/mol. The molecule has 0 aliphatic carbocycles. The van der Waals surface area contributed by atoms with Gasteiger partial charge in [0.05, 0.1) is 7.11 Å². The van der Waals surface area contributed by atoms with Gasteiger partial charge in [0.2, 0.25) is 0 Å². The Bertz CT molecular complexity index is 418. The highest BCUT2D eigenvalue weighted by Gasteiger charge is 2.17. The van der Waals surface area contributed by atoms with Crippen LogP contribution in [0.4, 0.5) is 0 Å². The summed E-state index contributed by atoms with van der Waals surface area (Å²) in [5, 5.41) is 0. The van der Waals surface area contributed by atoms with Gasteiger partial charge < -0.3 is 14.3 Å². The lowest BCUT2D eigenvalue weighted by molar-refractivity contribution is -0.107. The number of ether oxygens (including phenoxy) is 2.